The van der Waals surface area contributed by atoms with E-state index in [1.165, 1.54) is 4.88 Å². The highest BCUT2D eigenvalue weighted by molar-refractivity contribution is 9.10. The Morgan fingerprint density at radius 3 is 2.91 bits per heavy atom. The third-order valence-electron chi connectivity index (χ3n) is 3.47. The van der Waals surface area contributed by atoms with E-state index in [4.69, 9.17) is 11.6 Å². The lowest BCUT2D eigenvalue weighted by Crippen LogP contribution is -2.17. The van der Waals surface area contributed by atoms with Gasteiger partial charge in [0.1, 0.15) is 0 Å². The van der Waals surface area contributed by atoms with E-state index in [1.807, 2.05) is 30.5 Å². The summed E-state index contributed by atoms with van der Waals surface area (Å²) in [5.74, 6) is 0. The van der Waals surface area contributed by atoms with Crippen LogP contribution in [0.5, 0.6) is 0 Å². The number of hydrogen-bond acceptors (Lipinski definition) is 4. The van der Waals surface area contributed by atoms with Gasteiger partial charge >= 0.3 is 0 Å². The molecule has 0 bridgehead atoms. The van der Waals surface area contributed by atoms with Crippen LogP contribution in [-0.4, -0.2) is 18.1 Å². The van der Waals surface area contributed by atoms with E-state index in [2.05, 4.69) is 43.0 Å². The standard InChI is InChI=1S/C17H17BrClN3S/c18-12-8-14(23-11-12)10-20-5-1-6-21-16-4-7-22-17-9-13(19)2-3-15(16)17/h2-4,7-9,11,20H,1,5-6,10H2,(H,21,22). The summed E-state index contributed by atoms with van der Waals surface area (Å²) in [6.45, 7) is 2.83. The van der Waals surface area contributed by atoms with E-state index < -0.39 is 0 Å². The van der Waals surface area contributed by atoms with E-state index in [-0.39, 0.29) is 0 Å². The molecule has 3 nitrogen and oxygen atoms in total. The van der Waals surface area contributed by atoms with Crippen molar-refractivity contribution in [3.63, 3.8) is 0 Å². The van der Waals surface area contributed by atoms with Crippen molar-refractivity contribution in [1.82, 2.24) is 10.3 Å². The van der Waals surface area contributed by atoms with Crippen LogP contribution in [-0.2, 0) is 6.54 Å². The van der Waals surface area contributed by atoms with Crippen LogP contribution in [0.1, 0.15) is 11.3 Å². The zero-order valence-corrected chi connectivity index (χ0v) is 15.6. The Labute approximate surface area is 153 Å². The number of halogens is 2. The van der Waals surface area contributed by atoms with Crippen LogP contribution in [0, 0.1) is 0 Å². The van der Waals surface area contributed by atoms with Crippen LogP contribution in [0.15, 0.2) is 46.4 Å². The maximum absolute atomic E-state index is 6.01. The Morgan fingerprint density at radius 2 is 2.09 bits per heavy atom. The van der Waals surface area contributed by atoms with Crippen molar-refractivity contribution in [3.05, 3.63) is 56.3 Å². The van der Waals surface area contributed by atoms with Crippen molar-refractivity contribution in [2.24, 2.45) is 0 Å². The first-order chi connectivity index (χ1) is 11.2. The molecule has 0 aliphatic heterocycles. The summed E-state index contributed by atoms with van der Waals surface area (Å²) in [5.41, 5.74) is 2.03. The lowest BCUT2D eigenvalue weighted by molar-refractivity contribution is 0.669. The Morgan fingerprint density at radius 1 is 1.17 bits per heavy atom. The molecule has 0 unspecified atom stereocenters. The highest BCUT2D eigenvalue weighted by Crippen LogP contribution is 2.24. The highest BCUT2D eigenvalue weighted by atomic mass is 79.9. The number of nitrogens with one attached hydrogen (secondary N) is 2. The number of pyridine rings is 1. The van der Waals surface area contributed by atoms with Gasteiger partial charge in [-0.25, -0.2) is 0 Å². The molecule has 1 aromatic carbocycles. The summed E-state index contributed by atoms with van der Waals surface area (Å²) in [6, 6.07) is 9.97. The van der Waals surface area contributed by atoms with Gasteiger partial charge in [0.15, 0.2) is 0 Å². The average Bonchev–Trinajstić information content (AvgIpc) is 2.96. The van der Waals surface area contributed by atoms with E-state index in [0.717, 1.165) is 47.1 Å². The van der Waals surface area contributed by atoms with Gasteiger partial charge < -0.3 is 10.6 Å². The Kier molecular flexibility index (Phi) is 5.89. The third-order valence-corrected chi connectivity index (χ3v) is 5.40. The predicted molar refractivity (Wildman–Crippen MR) is 104 cm³/mol. The molecule has 2 aromatic heterocycles. The molecule has 0 fully saturated rings. The first-order valence-electron chi connectivity index (χ1n) is 7.44. The molecule has 6 heteroatoms. The number of benzene rings is 1. The summed E-state index contributed by atoms with van der Waals surface area (Å²) >= 11 is 11.3. The van der Waals surface area contributed by atoms with Gasteiger partial charge in [0.05, 0.1) is 5.52 Å². The summed E-state index contributed by atoms with van der Waals surface area (Å²) in [5, 5.41) is 10.9. The zero-order chi connectivity index (χ0) is 16.1. The number of thiophene rings is 1. The van der Waals surface area contributed by atoms with E-state index >= 15 is 0 Å². The van der Waals surface area contributed by atoms with Crippen LogP contribution in [0.3, 0.4) is 0 Å². The van der Waals surface area contributed by atoms with Crippen LogP contribution >= 0.6 is 38.9 Å². The molecule has 0 aliphatic rings. The SMILES string of the molecule is Clc1ccc2c(NCCCNCc3cc(Br)cs3)ccnc2c1. The first kappa shape index (κ1) is 16.7. The molecule has 2 heterocycles. The van der Waals surface area contributed by atoms with Crippen molar-refractivity contribution in [2.45, 2.75) is 13.0 Å². The zero-order valence-electron chi connectivity index (χ0n) is 12.5. The largest absolute Gasteiger partial charge is 0.384 e. The van der Waals surface area contributed by atoms with Gasteiger partial charge in [-0.3, -0.25) is 4.98 Å². The van der Waals surface area contributed by atoms with Gasteiger partial charge in [-0.2, -0.15) is 0 Å². The first-order valence-corrected chi connectivity index (χ1v) is 9.49. The van der Waals surface area contributed by atoms with Crippen LogP contribution in [0.25, 0.3) is 10.9 Å². The number of hydrogen-bond donors (Lipinski definition) is 2. The molecule has 3 rings (SSSR count). The van der Waals surface area contributed by atoms with E-state index in [1.54, 1.807) is 11.3 Å². The molecule has 2 N–H and O–H groups in total. The fraction of sp³-hybridized carbons (Fsp3) is 0.235. The van der Waals surface area contributed by atoms with Gasteiger partial charge in [-0.1, -0.05) is 11.6 Å². The Balaban J connectivity index is 1.45. The molecule has 0 radical (unpaired) electrons. The molecule has 0 saturated heterocycles. The minimum absolute atomic E-state index is 0.714. The molecule has 0 spiro atoms. The number of anilines is 1. The maximum atomic E-state index is 6.01. The molecule has 120 valence electrons. The molecule has 23 heavy (non-hydrogen) atoms. The van der Waals surface area contributed by atoms with Crippen molar-refractivity contribution in [1.29, 1.82) is 0 Å². The number of aromatic nitrogens is 1. The second kappa shape index (κ2) is 8.11. The fourth-order valence-electron chi connectivity index (χ4n) is 2.37. The smallest absolute Gasteiger partial charge is 0.0737 e. The van der Waals surface area contributed by atoms with Gasteiger partial charge in [-0.15, -0.1) is 11.3 Å². The topological polar surface area (TPSA) is 37.0 Å². The molecule has 0 aliphatic carbocycles. The average molecular weight is 411 g/mol. The normalized spacial score (nSPS) is 11.0. The van der Waals surface area contributed by atoms with Gasteiger partial charge in [0.25, 0.3) is 0 Å². The number of fused-ring (bicyclic) bond motifs is 1. The molecule has 0 atom stereocenters. The monoisotopic (exact) mass is 409 g/mol. The van der Waals surface area contributed by atoms with Gasteiger partial charge in [0, 0.05) is 50.1 Å². The molecular formula is C17H17BrClN3S. The second-order valence-corrected chi connectivity index (χ2v) is 7.56. The Hall–Kier alpha value is -1.14. The number of rotatable bonds is 7. The minimum Gasteiger partial charge on any atom is -0.384 e. The quantitative estimate of drug-likeness (QED) is 0.519. The van der Waals surface area contributed by atoms with Crippen molar-refractivity contribution < 1.29 is 0 Å². The van der Waals surface area contributed by atoms with Crippen LogP contribution in [0.4, 0.5) is 5.69 Å². The summed E-state index contributed by atoms with van der Waals surface area (Å²) in [4.78, 5) is 5.71. The lowest BCUT2D eigenvalue weighted by atomic mass is 10.2. The van der Waals surface area contributed by atoms with Gasteiger partial charge in [-0.05, 0) is 59.2 Å². The third kappa shape index (κ3) is 4.67. The molecule has 0 amide bonds. The summed E-state index contributed by atoms with van der Waals surface area (Å²) in [7, 11) is 0. The minimum atomic E-state index is 0.714. The van der Waals surface area contributed by atoms with Crippen LogP contribution < -0.4 is 10.6 Å². The maximum Gasteiger partial charge on any atom is 0.0737 e. The van der Waals surface area contributed by atoms with Crippen molar-refractivity contribution in [2.75, 3.05) is 18.4 Å². The van der Waals surface area contributed by atoms with E-state index in [9.17, 15) is 0 Å². The summed E-state index contributed by atoms with van der Waals surface area (Å²) < 4.78 is 1.16. The fourth-order valence-corrected chi connectivity index (χ4v) is 3.96. The van der Waals surface area contributed by atoms with E-state index in [0.29, 0.717) is 5.02 Å². The van der Waals surface area contributed by atoms with Gasteiger partial charge in [0.2, 0.25) is 0 Å². The second-order valence-electron chi connectivity index (χ2n) is 5.21. The molecular weight excluding hydrogens is 394 g/mol. The van der Waals surface area contributed by atoms with Crippen molar-refractivity contribution in [3.8, 4) is 0 Å². The Bertz CT molecular complexity index is 790. The number of nitrogens with zero attached hydrogens (tertiary/aromatic N) is 1. The van der Waals surface area contributed by atoms with Crippen LogP contribution in [0.2, 0.25) is 5.02 Å². The summed E-state index contributed by atoms with van der Waals surface area (Å²) in [6.07, 6.45) is 2.87. The van der Waals surface area contributed by atoms with Crippen molar-refractivity contribution >= 4 is 55.5 Å². The molecule has 3 aromatic rings. The molecule has 0 saturated carbocycles. The lowest BCUT2D eigenvalue weighted by Gasteiger charge is -2.10. The predicted octanol–water partition coefficient (Wildman–Crippen LogP) is 5.30. The highest BCUT2D eigenvalue weighted by Gasteiger charge is 2.02.